The summed E-state index contributed by atoms with van der Waals surface area (Å²) in [6.07, 6.45) is -7.65. The topological polar surface area (TPSA) is 211 Å². The number of hydrogen-bond donors (Lipinski definition) is 5. The van der Waals surface area contributed by atoms with Crippen LogP contribution in [-0.2, 0) is 30.4 Å². The van der Waals surface area contributed by atoms with Crippen LogP contribution in [0.5, 0.6) is 0 Å². The number of aliphatic hydroxyl groups is 2. The number of carbonyl (C=O) groups is 4. The van der Waals surface area contributed by atoms with Crippen molar-refractivity contribution in [1.82, 2.24) is 19.8 Å². The van der Waals surface area contributed by atoms with E-state index in [0.717, 1.165) is 34.5 Å². The second-order valence-corrected chi connectivity index (χ2v) is 14.2. The highest BCUT2D eigenvalue weighted by molar-refractivity contribution is 5.98. The van der Waals surface area contributed by atoms with E-state index < -0.39 is 78.8 Å². The Balaban J connectivity index is 0.980. The lowest BCUT2D eigenvalue weighted by Crippen LogP contribution is -2.54. The molecule has 1 saturated heterocycles. The summed E-state index contributed by atoms with van der Waals surface area (Å²) >= 11 is 0. The molecule has 306 valence electrons. The van der Waals surface area contributed by atoms with Gasteiger partial charge >= 0.3 is 23.8 Å². The fraction of sp³-hybridized carbons (Fsp3) is 0.350. The predicted molar refractivity (Wildman–Crippen MR) is 204 cm³/mol. The smallest absolute Gasteiger partial charge is 0.413 e. The van der Waals surface area contributed by atoms with Gasteiger partial charge in [-0.2, -0.15) is 13.8 Å². The second-order valence-electron chi connectivity index (χ2n) is 14.2. The van der Waals surface area contributed by atoms with Gasteiger partial charge in [0.2, 0.25) is 18.0 Å². The number of aromatic nitrogens is 2. The molecule has 0 bridgehead atoms. The van der Waals surface area contributed by atoms with Crippen LogP contribution >= 0.6 is 0 Å². The van der Waals surface area contributed by atoms with E-state index in [0.29, 0.717) is 15.8 Å². The van der Waals surface area contributed by atoms with Crippen molar-refractivity contribution < 1.29 is 52.4 Å². The number of halogens is 2. The molecule has 4 amide bonds. The lowest BCUT2D eigenvalue weighted by atomic mass is 10.0. The Labute approximate surface area is 330 Å². The van der Waals surface area contributed by atoms with Crippen molar-refractivity contribution in [3.8, 4) is 11.1 Å². The van der Waals surface area contributed by atoms with E-state index in [2.05, 4.69) is 20.9 Å². The van der Waals surface area contributed by atoms with E-state index in [4.69, 9.17) is 19.3 Å². The highest BCUT2D eigenvalue weighted by Gasteiger charge is 2.59. The maximum absolute atomic E-state index is 14.4. The van der Waals surface area contributed by atoms with Gasteiger partial charge in [-0.25, -0.2) is 14.4 Å². The van der Waals surface area contributed by atoms with Gasteiger partial charge in [-0.1, -0.05) is 74.5 Å². The first-order valence-electron chi connectivity index (χ1n) is 18.3. The number of aliphatic hydroxyl groups excluding tert-OH is 2. The van der Waals surface area contributed by atoms with Crippen molar-refractivity contribution in [3.63, 3.8) is 0 Å². The molecule has 1 aliphatic heterocycles. The van der Waals surface area contributed by atoms with Crippen molar-refractivity contribution >= 4 is 35.5 Å². The molecule has 6 rings (SSSR count). The fourth-order valence-electron chi connectivity index (χ4n) is 6.83. The molecule has 0 spiro atoms. The normalized spacial score (nSPS) is 19.0. The van der Waals surface area contributed by atoms with Crippen molar-refractivity contribution in [2.45, 2.75) is 69.9 Å². The number of nitrogens with one attached hydrogen (secondary N) is 3. The summed E-state index contributed by atoms with van der Waals surface area (Å²) in [5.74, 6) is -5.63. The van der Waals surface area contributed by atoms with Gasteiger partial charge in [0.25, 0.3) is 0 Å². The minimum atomic E-state index is -3.90. The number of fused-ring (bicyclic) bond motifs is 3. The SMILES string of the molecule is CC(C)[C@@H](C(=O)N[C@@H](C)C(=O)Nc1ccc(COC(=O)Nc2ccn([C@@H]3O[C@H](CO)[C@@H](O)C3(F)F)c(=O)n2)cc1)N(C)C(=O)OC1c2ccccc2-c2ccccc21. The van der Waals surface area contributed by atoms with Crippen LogP contribution in [0.3, 0.4) is 0 Å². The highest BCUT2D eigenvalue weighted by atomic mass is 19.3. The van der Waals surface area contributed by atoms with Gasteiger partial charge in [0.1, 0.15) is 30.6 Å². The van der Waals surface area contributed by atoms with E-state index in [1.807, 2.05) is 48.5 Å². The Bertz CT molecular complexity index is 2190. The molecular weight excluding hydrogens is 762 g/mol. The lowest BCUT2D eigenvalue weighted by molar-refractivity contribution is -0.140. The first-order chi connectivity index (χ1) is 27.6. The van der Waals surface area contributed by atoms with Gasteiger partial charge in [-0.3, -0.25) is 24.4 Å². The van der Waals surface area contributed by atoms with E-state index >= 15 is 0 Å². The molecule has 16 nitrogen and oxygen atoms in total. The zero-order chi connectivity index (χ0) is 41.9. The minimum Gasteiger partial charge on any atom is -0.444 e. The van der Waals surface area contributed by atoms with Gasteiger partial charge in [0, 0.05) is 30.1 Å². The largest absolute Gasteiger partial charge is 0.444 e. The zero-order valence-corrected chi connectivity index (χ0v) is 31.8. The maximum Gasteiger partial charge on any atom is 0.413 e. The van der Waals surface area contributed by atoms with Crippen LogP contribution in [0.25, 0.3) is 11.1 Å². The summed E-state index contributed by atoms with van der Waals surface area (Å²) in [5.41, 5.74) is 3.30. The highest BCUT2D eigenvalue weighted by Crippen LogP contribution is 2.45. The van der Waals surface area contributed by atoms with Gasteiger partial charge < -0.3 is 35.1 Å². The first kappa shape index (κ1) is 41.4. The van der Waals surface area contributed by atoms with Gasteiger partial charge in [-0.05, 0) is 47.7 Å². The molecule has 18 heteroatoms. The summed E-state index contributed by atoms with van der Waals surface area (Å²) in [6, 6.07) is 20.6. The van der Waals surface area contributed by atoms with Crippen LogP contribution in [0.15, 0.2) is 89.9 Å². The second kappa shape index (κ2) is 17.1. The molecule has 1 fully saturated rings. The Morgan fingerprint density at radius 3 is 2.12 bits per heavy atom. The summed E-state index contributed by atoms with van der Waals surface area (Å²) in [7, 11) is 1.48. The summed E-state index contributed by atoms with van der Waals surface area (Å²) in [5, 5.41) is 26.5. The Hall–Kier alpha value is -6.24. The average Bonchev–Trinajstić information content (AvgIpc) is 3.63. The summed E-state index contributed by atoms with van der Waals surface area (Å²) in [4.78, 5) is 69.7. The van der Waals surface area contributed by atoms with Gasteiger partial charge in [0.15, 0.2) is 12.2 Å². The molecule has 58 heavy (non-hydrogen) atoms. The number of anilines is 2. The predicted octanol–water partition coefficient (Wildman–Crippen LogP) is 4.18. The van der Waals surface area contributed by atoms with Crippen LogP contribution in [0.1, 0.15) is 49.8 Å². The van der Waals surface area contributed by atoms with E-state index in [1.54, 1.807) is 38.1 Å². The zero-order valence-electron chi connectivity index (χ0n) is 31.8. The monoisotopic (exact) mass is 804 g/mol. The maximum atomic E-state index is 14.4. The molecule has 2 heterocycles. The van der Waals surface area contributed by atoms with Crippen LogP contribution in [0.4, 0.5) is 29.9 Å². The molecule has 2 aliphatic rings. The summed E-state index contributed by atoms with van der Waals surface area (Å²) in [6.45, 7) is 3.93. The molecule has 5 atom stereocenters. The number of likely N-dealkylation sites (N-methyl/N-ethyl adjacent to an activating group) is 1. The molecule has 0 saturated carbocycles. The molecule has 3 aromatic carbocycles. The number of hydrogen-bond acceptors (Lipinski definition) is 11. The Morgan fingerprint density at radius 2 is 1.55 bits per heavy atom. The number of carbonyl (C=O) groups excluding carboxylic acids is 4. The molecule has 4 aromatic rings. The van der Waals surface area contributed by atoms with Crippen LogP contribution in [-0.4, -0.2) is 92.5 Å². The van der Waals surface area contributed by atoms with Crippen molar-refractivity contribution in [3.05, 3.63) is 112 Å². The molecule has 1 aliphatic carbocycles. The third-order valence-corrected chi connectivity index (χ3v) is 9.82. The van der Waals surface area contributed by atoms with Crippen molar-refractivity contribution in [2.24, 2.45) is 5.92 Å². The first-order valence-corrected chi connectivity index (χ1v) is 18.3. The van der Waals surface area contributed by atoms with Crippen LogP contribution in [0.2, 0.25) is 0 Å². The third-order valence-electron chi connectivity index (χ3n) is 9.82. The number of amides is 4. The third kappa shape index (κ3) is 8.53. The summed E-state index contributed by atoms with van der Waals surface area (Å²) < 4.78 is 45.4. The van der Waals surface area contributed by atoms with Gasteiger partial charge in [-0.15, -0.1) is 0 Å². The van der Waals surface area contributed by atoms with Crippen molar-refractivity contribution in [1.29, 1.82) is 0 Å². The van der Waals surface area contributed by atoms with E-state index in [-0.39, 0.29) is 18.3 Å². The Kier molecular flexibility index (Phi) is 12.2. The Morgan fingerprint density at radius 1 is 0.931 bits per heavy atom. The molecule has 0 radical (unpaired) electrons. The van der Waals surface area contributed by atoms with Gasteiger partial charge in [0.05, 0.1) is 6.61 Å². The number of alkyl halides is 2. The lowest BCUT2D eigenvalue weighted by Gasteiger charge is -2.31. The van der Waals surface area contributed by atoms with Crippen LogP contribution < -0.4 is 21.6 Å². The molecule has 0 unspecified atom stereocenters. The number of rotatable bonds is 12. The molecular formula is C40H42F2N6O10. The fourth-order valence-corrected chi connectivity index (χ4v) is 6.83. The number of nitrogens with zero attached hydrogens (tertiary/aromatic N) is 3. The van der Waals surface area contributed by atoms with Crippen molar-refractivity contribution in [2.75, 3.05) is 24.3 Å². The standard InChI is InChI=1S/C40H42F2N6O10/c1-21(2)31(47(4)39(55)58-32-27-11-7-5-9-25(27)26-10-6-8-12-28(26)32)35(52)43-22(3)34(51)44-24-15-13-23(14-16-24)20-56-38(54)46-30-17-18-48(37(53)45-30)36-40(41,42)33(50)29(19-49)57-36/h5-18,21-22,29,31-33,36,49-50H,19-20H2,1-4H3,(H,43,52)(H,44,51)(H,45,46,53,54)/t22-,29+,31-,33+,36+/m0/s1. The van der Waals surface area contributed by atoms with E-state index in [1.165, 1.54) is 18.9 Å². The van der Waals surface area contributed by atoms with Crippen LogP contribution in [0, 0.1) is 5.92 Å². The minimum absolute atomic E-state index is 0.238. The molecule has 5 N–H and O–H groups in total. The number of ether oxygens (including phenoxy) is 3. The van der Waals surface area contributed by atoms with E-state index in [9.17, 15) is 37.9 Å². The average molecular weight is 805 g/mol. The number of benzene rings is 3. The quantitative estimate of drug-likeness (QED) is 0.137. The molecule has 1 aromatic heterocycles.